The van der Waals surface area contributed by atoms with Crippen molar-refractivity contribution >= 4 is 17.2 Å². The Balaban J connectivity index is 1.97. The first-order chi connectivity index (χ1) is 10.9. The molecule has 3 rings (SSSR count). The van der Waals surface area contributed by atoms with E-state index in [-0.39, 0.29) is 6.04 Å². The van der Waals surface area contributed by atoms with Crippen molar-refractivity contribution in [3.8, 4) is 0 Å². The van der Waals surface area contributed by atoms with Gasteiger partial charge >= 0.3 is 0 Å². The fraction of sp³-hybridized carbons (Fsp3) is 0.312. The maximum Gasteiger partial charge on any atom is 0.257 e. The van der Waals surface area contributed by atoms with Crippen molar-refractivity contribution in [2.24, 2.45) is 0 Å². The first kappa shape index (κ1) is 16.0. The smallest absolute Gasteiger partial charge is 0.257 e. The lowest BCUT2D eigenvalue weighted by Gasteiger charge is -2.24. The number of hydrogen-bond donors (Lipinski definition) is 0. The average Bonchev–Trinajstić information content (AvgIpc) is 3.16. The van der Waals surface area contributed by atoms with Gasteiger partial charge in [-0.3, -0.25) is 4.79 Å². The normalized spacial score (nSPS) is 17.8. The van der Waals surface area contributed by atoms with E-state index in [4.69, 9.17) is 0 Å². The van der Waals surface area contributed by atoms with Crippen LogP contribution in [0.2, 0.25) is 0 Å². The zero-order valence-electron chi connectivity index (χ0n) is 12.2. The van der Waals surface area contributed by atoms with Crippen molar-refractivity contribution < 1.29 is 22.4 Å². The Kier molecular flexibility index (Phi) is 4.14. The molecule has 1 aromatic carbocycles. The SMILES string of the molecule is Cc1ccc(C2CCCN2C(=O)c2cc(F)c(F)c(F)c2F)s1. The molecular formula is C16H13F4NOS. The van der Waals surface area contributed by atoms with E-state index < -0.39 is 34.7 Å². The van der Waals surface area contributed by atoms with Gasteiger partial charge < -0.3 is 4.90 Å². The number of carbonyl (C=O) groups is 1. The van der Waals surface area contributed by atoms with E-state index in [9.17, 15) is 22.4 Å². The monoisotopic (exact) mass is 343 g/mol. The second-order valence-corrected chi connectivity index (χ2v) is 6.77. The highest BCUT2D eigenvalue weighted by Gasteiger charge is 2.34. The quantitative estimate of drug-likeness (QED) is 0.444. The molecule has 1 aromatic heterocycles. The number of aryl methyl sites for hydroxylation is 1. The standard InChI is InChI=1S/C16H13F4NOS/c1-8-4-5-12(23-8)11-3-2-6-21(11)16(22)9-7-10(17)14(19)15(20)13(9)18/h4-5,7,11H,2-3,6H2,1H3. The van der Waals surface area contributed by atoms with E-state index in [2.05, 4.69) is 0 Å². The lowest BCUT2D eigenvalue weighted by atomic mass is 10.1. The second-order valence-electron chi connectivity index (χ2n) is 5.45. The molecule has 0 saturated carbocycles. The molecule has 0 radical (unpaired) electrons. The van der Waals surface area contributed by atoms with Gasteiger partial charge in [-0.2, -0.15) is 0 Å². The van der Waals surface area contributed by atoms with Crippen LogP contribution in [0.25, 0.3) is 0 Å². The number of likely N-dealkylation sites (tertiary alicyclic amines) is 1. The van der Waals surface area contributed by atoms with E-state index in [0.717, 1.165) is 9.75 Å². The van der Waals surface area contributed by atoms with Gasteiger partial charge in [0.25, 0.3) is 5.91 Å². The lowest BCUT2D eigenvalue weighted by molar-refractivity contribution is 0.0731. The Labute approximate surface area is 134 Å². The first-order valence-corrected chi connectivity index (χ1v) is 7.92. The molecule has 0 N–H and O–H groups in total. The number of nitrogens with zero attached hydrogens (tertiary/aromatic N) is 1. The number of benzene rings is 1. The fourth-order valence-electron chi connectivity index (χ4n) is 2.82. The summed E-state index contributed by atoms with van der Waals surface area (Å²) in [5.74, 6) is -7.92. The van der Waals surface area contributed by atoms with Crippen molar-refractivity contribution in [3.05, 3.63) is 56.8 Å². The number of amides is 1. The molecule has 2 aromatic rings. The summed E-state index contributed by atoms with van der Waals surface area (Å²) in [6.07, 6.45) is 1.40. The van der Waals surface area contributed by atoms with Crippen LogP contribution < -0.4 is 0 Å². The summed E-state index contributed by atoms with van der Waals surface area (Å²) in [7, 11) is 0. The van der Waals surface area contributed by atoms with Crippen LogP contribution in [0.4, 0.5) is 17.6 Å². The third-order valence-electron chi connectivity index (χ3n) is 3.94. The molecule has 0 spiro atoms. The van der Waals surface area contributed by atoms with Crippen molar-refractivity contribution in [1.29, 1.82) is 0 Å². The molecule has 1 amide bonds. The van der Waals surface area contributed by atoms with E-state index >= 15 is 0 Å². The van der Waals surface area contributed by atoms with Gasteiger partial charge in [-0.05, 0) is 38.0 Å². The molecule has 0 aliphatic carbocycles. The Hall–Kier alpha value is -1.89. The summed E-state index contributed by atoms with van der Waals surface area (Å²) in [6.45, 7) is 2.29. The van der Waals surface area contributed by atoms with Crippen molar-refractivity contribution in [2.75, 3.05) is 6.54 Å². The Morgan fingerprint density at radius 3 is 2.57 bits per heavy atom. The van der Waals surface area contributed by atoms with E-state index in [1.165, 1.54) is 16.2 Å². The van der Waals surface area contributed by atoms with Crippen molar-refractivity contribution in [2.45, 2.75) is 25.8 Å². The predicted molar refractivity (Wildman–Crippen MR) is 78.3 cm³/mol. The van der Waals surface area contributed by atoms with Crippen LogP contribution in [0.15, 0.2) is 18.2 Å². The van der Waals surface area contributed by atoms with Crippen LogP contribution in [0.5, 0.6) is 0 Å². The largest absolute Gasteiger partial charge is 0.331 e. The second kappa shape index (κ2) is 5.96. The Morgan fingerprint density at radius 2 is 1.91 bits per heavy atom. The van der Waals surface area contributed by atoms with Crippen molar-refractivity contribution in [1.82, 2.24) is 4.90 Å². The van der Waals surface area contributed by atoms with Crippen LogP contribution >= 0.6 is 11.3 Å². The summed E-state index contributed by atoms with van der Waals surface area (Å²) in [5.41, 5.74) is -0.776. The van der Waals surface area contributed by atoms with E-state index in [1.807, 2.05) is 19.1 Å². The van der Waals surface area contributed by atoms with Crippen molar-refractivity contribution in [3.63, 3.8) is 0 Å². The lowest BCUT2D eigenvalue weighted by Crippen LogP contribution is -2.31. The summed E-state index contributed by atoms with van der Waals surface area (Å²) in [6, 6.07) is 3.97. The van der Waals surface area contributed by atoms with Gasteiger partial charge in [-0.1, -0.05) is 0 Å². The highest BCUT2D eigenvalue weighted by molar-refractivity contribution is 7.12. The molecule has 7 heteroatoms. The maximum atomic E-state index is 13.9. The number of rotatable bonds is 2. The molecule has 2 heterocycles. The zero-order valence-corrected chi connectivity index (χ0v) is 13.0. The zero-order chi connectivity index (χ0) is 16.7. The average molecular weight is 343 g/mol. The summed E-state index contributed by atoms with van der Waals surface area (Å²) < 4.78 is 53.6. The van der Waals surface area contributed by atoms with Gasteiger partial charge in [0, 0.05) is 16.3 Å². The molecule has 122 valence electrons. The maximum absolute atomic E-state index is 13.9. The van der Waals surface area contributed by atoms with Crippen LogP contribution in [-0.4, -0.2) is 17.4 Å². The predicted octanol–water partition coefficient (Wildman–Crippen LogP) is 4.59. The fourth-order valence-corrected chi connectivity index (χ4v) is 3.85. The number of hydrogen-bond acceptors (Lipinski definition) is 2. The molecule has 1 fully saturated rings. The van der Waals surface area contributed by atoms with Gasteiger partial charge in [0.2, 0.25) is 0 Å². The molecule has 1 atom stereocenters. The number of carbonyl (C=O) groups excluding carboxylic acids is 1. The van der Waals surface area contributed by atoms with Crippen LogP contribution in [-0.2, 0) is 0 Å². The highest BCUT2D eigenvalue weighted by atomic mass is 32.1. The van der Waals surface area contributed by atoms with Gasteiger partial charge in [0.05, 0.1) is 11.6 Å². The third-order valence-corrected chi connectivity index (χ3v) is 5.04. The van der Waals surface area contributed by atoms with Crippen LogP contribution in [0.3, 0.4) is 0 Å². The topological polar surface area (TPSA) is 20.3 Å². The van der Waals surface area contributed by atoms with Gasteiger partial charge in [0.1, 0.15) is 0 Å². The molecule has 2 nitrogen and oxygen atoms in total. The Bertz CT molecular complexity index is 774. The summed E-state index contributed by atoms with van der Waals surface area (Å²) in [5, 5.41) is 0. The molecular weight excluding hydrogens is 330 g/mol. The van der Waals surface area contributed by atoms with E-state index in [1.54, 1.807) is 0 Å². The van der Waals surface area contributed by atoms with Gasteiger partial charge in [0.15, 0.2) is 23.3 Å². The highest BCUT2D eigenvalue weighted by Crippen LogP contribution is 2.37. The van der Waals surface area contributed by atoms with E-state index in [0.29, 0.717) is 25.5 Å². The first-order valence-electron chi connectivity index (χ1n) is 7.10. The Morgan fingerprint density at radius 1 is 1.17 bits per heavy atom. The molecule has 23 heavy (non-hydrogen) atoms. The molecule has 1 aliphatic rings. The van der Waals surface area contributed by atoms with Crippen LogP contribution in [0.1, 0.15) is 39.0 Å². The molecule has 1 unspecified atom stereocenters. The third kappa shape index (κ3) is 2.73. The summed E-state index contributed by atoms with van der Waals surface area (Å²) >= 11 is 1.52. The van der Waals surface area contributed by atoms with Crippen LogP contribution in [0, 0.1) is 30.2 Å². The summed E-state index contributed by atoms with van der Waals surface area (Å²) in [4.78, 5) is 15.9. The van der Waals surface area contributed by atoms with Gasteiger partial charge in [-0.25, -0.2) is 17.6 Å². The van der Waals surface area contributed by atoms with Gasteiger partial charge in [-0.15, -0.1) is 11.3 Å². The number of halogens is 4. The molecule has 0 bridgehead atoms. The minimum absolute atomic E-state index is 0.253. The minimum Gasteiger partial charge on any atom is -0.331 e. The molecule has 1 saturated heterocycles. The minimum atomic E-state index is -1.96. The molecule has 1 aliphatic heterocycles. The number of thiophene rings is 1.